The molecule has 3 heteroatoms. The molecule has 15 heavy (non-hydrogen) atoms. The summed E-state index contributed by atoms with van der Waals surface area (Å²) in [6.07, 6.45) is 4.07. The van der Waals surface area contributed by atoms with Gasteiger partial charge in [0.15, 0.2) is 0 Å². The molecule has 0 bridgehead atoms. The van der Waals surface area contributed by atoms with E-state index in [-0.39, 0.29) is 11.4 Å². The molecule has 0 aromatic heterocycles. The van der Waals surface area contributed by atoms with Crippen molar-refractivity contribution in [2.75, 3.05) is 0 Å². The van der Waals surface area contributed by atoms with E-state index in [9.17, 15) is 4.79 Å². The smallest absolute Gasteiger partial charge is 0.240 e. The monoisotopic (exact) mass is 212 g/mol. The molecule has 1 aliphatic carbocycles. The molecule has 1 saturated carbocycles. The summed E-state index contributed by atoms with van der Waals surface area (Å²) < 4.78 is 0. The topological polar surface area (TPSA) is 55.1 Å². The zero-order chi connectivity index (χ0) is 11.7. The molecule has 1 rings (SSSR count). The van der Waals surface area contributed by atoms with E-state index in [0.29, 0.717) is 5.92 Å². The van der Waals surface area contributed by atoms with E-state index in [2.05, 4.69) is 26.1 Å². The predicted octanol–water partition coefficient (Wildman–Crippen LogP) is 1.81. The molecule has 3 nitrogen and oxygen atoms in total. The third-order valence-corrected chi connectivity index (χ3v) is 3.89. The maximum absolute atomic E-state index is 12.0. The van der Waals surface area contributed by atoms with Crippen LogP contribution in [0.3, 0.4) is 0 Å². The van der Waals surface area contributed by atoms with Crippen LogP contribution in [0.5, 0.6) is 0 Å². The van der Waals surface area contributed by atoms with Gasteiger partial charge in [0.05, 0.1) is 5.54 Å². The summed E-state index contributed by atoms with van der Waals surface area (Å²) in [6, 6.07) is 0. The van der Waals surface area contributed by atoms with E-state index < -0.39 is 5.54 Å². The third-order valence-electron chi connectivity index (χ3n) is 3.89. The number of carbonyl (C=O) groups is 1. The first-order valence-corrected chi connectivity index (χ1v) is 5.97. The Morgan fingerprint density at radius 1 is 1.33 bits per heavy atom. The van der Waals surface area contributed by atoms with Crippen LogP contribution < -0.4 is 11.1 Å². The molecule has 1 fully saturated rings. The van der Waals surface area contributed by atoms with Gasteiger partial charge in [-0.15, -0.1) is 0 Å². The standard InChI is InChI=1S/C12H24N2O/c1-5-11(3,6-2)14-10(15)12(4,13)9-7-8-9/h9H,5-8,13H2,1-4H3,(H,14,15). The van der Waals surface area contributed by atoms with Gasteiger partial charge in [-0.05, 0) is 45.4 Å². The average Bonchev–Trinajstić information content (AvgIpc) is 3.00. The number of hydrogen-bond donors (Lipinski definition) is 2. The largest absolute Gasteiger partial charge is 0.349 e. The van der Waals surface area contributed by atoms with E-state index >= 15 is 0 Å². The molecular weight excluding hydrogens is 188 g/mol. The summed E-state index contributed by atoms with van der Waals surface area (Å²) in [6.45, 7) is 8.11. The number of nitrogens with two attached hydrogens (primary N) is 1. The Morgan fingerprint density at radius 3 is 2.13 bits per heavy atom. The first-order valence-electron chi connectivity index (χ1n) is 5.97. The number of hydrogen-bond acceptors (Lipinski definition) is 2. The van der Waals surface area contributed by atoms with Crippen molar-refractivity contribution in [1.82, 2.24) is 5.32 Å². The molecule has 1 amide bonds. The Hall–Kier alpha value is -0.570. The van der Waals surface area contributed by atoms with Crippen LogP contribution in [0.1, 0.15) is 53.4 Å². The molecule has 0 heterocycles. The molecule has 0 radical (unpaired) electrons. The predicted molar refractivity (Wildman–Crippen MR) is 62.4 cm³/mol. The molecule has 0 aromatic rings. The SMILES string of the molecule is CCC(C)(CC)NC(=O)C(C)(N)C1CC1. The number of carbonyl (C=O) groups excluding carboxylic acids is 1. The van der Waals surface area contributed by atoms with E-state index in [1.807, 2.05) is 6.92 Å². The summed E-state index contributed by atoms with van der Waals surface area (Å²) >= 11 is 0. The van der Waals surface area contributed by atoms with Crippen LogP contribution in [-0.4, -0.2) is 17.0 Å². The summed E-state index contributed by atoms with van der Waals surface area (Å²) in [5, 5.41) is 3.09. The lowest BCUT2D eigenvalue weighted by molar-refractivity contribution is -0.128. The molecule has 0 saturated heterocycles. The maximum atomic E-state index is 12.0. The highest BCUT2D eigenvalue weighted by molar-refractivity contribution is 5.87. The molecule has 1 aliphatic rings. The lowest BCUT2D eigenvalue weighted by Crippen LogP contribution is -2.59. The fraction of sp³-hybridized carbons (Fsp3) is 0.917. The van der Waals surface area contributed by atoms with Crippen molar-refractivity contribution in [2.45, 2.75) is 64.5 Å². The highest BCUT2D eigenvalue weighted by Crippen LogP contribution is 2.38. The summed E-state index contributed by atoms with van der Waals surface area (Å²) in [5.41, 5.74) is 5.29. The number of nitrogens with one attached hydrogen (secondary N) is 1. The minimum atomic E-state index is -0.675. The Labute approximate surface area is 92.8 Å². The second kappa shape index (κ2) is 4.12. The lowest BCUT2D eigenvalue weighted by Gasteiger charge is -2.33. The molecule has 3 N–H and O–H groups in total. The maximum Gasteiger partial charge on any atom is 0.240 e. The Kier molecular flexibility index (Phi) is 3.44. The van der Waals surface area contributed by atoms with Gasteiger partial charge in [0, 0.05) is 5.54 Å². The van der Waals surface area contributed by atoms with Crippen molar-refractivity contribution in [1.29, 1.82) is 0 Å². The lowest BCUT2D eigenvalue weighted by atomic mass is 9.91. The molecule has 0 aromatic carbocycles. The van der Waals surface area contributed by atoms with E-state index in [1.54, 1.807) is 0 Å². The van der Waals surface area contributed by atoms with Crippen LogP contribution in [-0.2, 0) is 4.79 Å². The van der Waals surface area contributed by atoms with Crippen molar-refractivity contribution in [3.8, 4) is 0 Å². The number of amides is 1. The summed E-state index contributed by atoms with van der Waals surface area (Å²) in [4.78, 5) is 12.0. The Bertz CT molecular complexity index is 240. The van der Waals surface area contributed by atoms with Gasteiger partial charge in [0.25, 0.3) is 0 Å². The summed E-state index contributed by atoms with van der Waals surface area (Å²) in [5.74, 6) is 0.395. The van der Waals surface area contributed by atoms with Crippen LogP contribution in [0.4, 0.5) is 0 Å². The van der Waals surface area contributed by atoms with E-state index in [0.717, 1.165) is 25.7 Å². The highest BCUT2D eigenvalue weighted by atomic mass is 16.2. The first kappa shape index (κ1) is 12.5. The van der Waals surface area contributed by atoms with Crippen LogP contribution >= 0.6 is 0 Å². The fourth-order valence-corrected chi connectivity index (χ4v) is 1.70. The minimum Gasteiger partial charge on any atom is -0.349 e. The van der Waals surface area contributed by atoms with Crippen molar-refractivity contribution < 1.29 is 4.79 Å². The van der Waals surface area contributed by atoms with Crippen LogP contribution in [0, 0.1) is 5.92 Å². The highest BCUT2D eigenvalue weighted by Gasteiger charge is 2.45. The quantitative estimate of drug-likeness (QED) is 0.730. The Morgan fingerprint density at radius 2 is 1.80 bits per heavy atom. The van der Waals surface area contributed by atoms with Gasteiger partial charge in [-0.25, -0.2) is 0 Å². The van der Waals surface area contributed by atoms with Crippen LogP contribution in [0.25, 0.3) is 0 Å². The second-order valence-electron chi connectivity index (χ2n) is 5.28. The van der Waals surface area contributed by atoms with Gasteiger partial charge in [-0.1, -0.05) is 13.8 Å². The van der Waals surface area contributed by atoms with Gasteiger partial charge >= 0.3 is 0 Å². The molecule has 88 valence electrons. The molecular formula is C12H24N2O. The van der Waals surface area contributed by atoms with Crippen molar-refractivity contribution in [2.24, 2.45) is 11.7 Å². The van der Waals surface area contributed by atoms with Crippen LogP contribution in [0.15, 0.2) is 0 Å². The minimum absolute atomic E-state index is 0.0104. The van der Waals surface area contributed by atoms with Gasteiger partial charge in [0.2, 0.25) is 5.91 Å². The Balaban J connectivity index is 2.61. The zero-order valence-corrected chi connectivity index (χ0v) is 10.4. The van der Waals surface area contributed by atoms with Gasteiger partial charge < -0.3 is 11.1 Å². The van der Waals surface area contributed by atoms with Gasteiger partial charge in [0.1, 0.15) is 0 Å². The number of rotatable bonds is 5. The molecule has 1 atom stereocenters. The molecule has 1 unspecified atom stereocenters. The van der Waals surface area contributed by atoms with E-state index in [1.165, 1.54) is 0 Å². The normalized spacial score (nSPS) is 20.9. The summed E-state index contributed by atoms with van der Waals surface area (Å²) in [7, 11) is 0. The molecule has 0 spiro atoms. The van der Waals surface area contributed by atoms with E-state index in [4.69, 9.17) is 5.73 Å². The second-order valence-corrected chi connectivity index (χ2v) is 5.28. The van der Waals surface area contributed by atoms with Crippen molar-refractivity contribution in [3.63, 3.8) is 0 Å². The van der Waals surface area contributed by atoms with Gasteiger partial charge in [-0.2, -0.15) is 0 Å². The average molecular weight is 212 g/mol. The fourth-order valence-electron chi connectivity index (χ4n) is 1.70. The van der Waals surface area contributed by atoms with Crippen molar-refractivity contribution in [3.05, 3.63) is 0 Å². The van der Waals surface area contributed by atoms with Gasteiger partial charge in [-0.3, -0.25) is 4.79 Å². The van der Waals surface area contributed by atoms with Crippen molar-refractivity contribution >= 4 is 5.91 Å². The first-order chi connectivity index (χ1) is 6.85. The molecule has 0 aliphatic heterocycles. The third kappa shape index (κ3) is 2.71. The van der Waals surface area contributed by atoms with Crippen LogP contribution in [0.2, 0.25) is 0 Å². The zero-order valence-electron chi connectivity index (χ0n) is 10.4.